The molecule has 0 aromatic carbocycles. The molecule has 0 aliphatic carbocycles. The topological polar surface area (TPSA) is 0 Å². The zero-order valence-corrected chi connectivity index (χ0v) is 4.03. The summed E-state index contributed by atoms with van der Waals surface area (Å²) in [6.45, 7) is 2.35. The molecule has 7 heavy (non-hydrogen) atoms. The molecule has 42 valence electrons. The Morgan fingerprint density at radius 1 is 1.71 bits per heavy atom. The molecule has 1 atom stereocenters. The molecule has 0 nitrogen and oxygen atoms in total. The van der Waals surface area contributed by atoms with Gasteiger partial charge in [-0.2, -0.15) is 0 Å². The maximum absolute atomic E-state index is 11.7. The summed E-state index contributed by atoms with van der Waals surface area (Å²) in [4.78, 5) is 0. The highest BCUT2D eigenvalue weighted by Crippen LogP contribution is 1.97. The van der Waals surface area contributed by atoms with Gasteiger partial charge in [0.25, 0.3) is 0 Å². The molecule has 1 unspecified atom stereocenters. The SMILES string of the molecule is C=CCC(F)CF. The first-order chi connectivity index (χ1) is 3.31. The molecule has 0 radical (unpaired) electrons. The van der Waals surface area contributed by atoms with Crippen molar-refractivity contribution < 1.29 is 8.78 Å². The van der Waals surface area contributed by atoms with Crippen molar-refractivity contribution in [3.63, 3.8) is 0 Å². The fourth-order valence-corrected chi connectivity index (χ4v) is 0.244. The van der Waals surface area contributed by atoms with E-state index in [1.54, 1.807) is 0 Å². The smallest absolute Gasteiger partial charge is 0.132 e. The highest BCUT2D eigenvalue weighted by atomic mass is 19.2. The molecule has 0 heterocycles. The molecule has 0 amide bonds. The number of halogens is 2. The Kier molecular flexibility index (Phi) is 3.56. The van der Waals surface area contributed by atoms with Gasteiger partial charge in [-0.25, -0.2) is 8.78 Å². The van der Waals surface area contributed by atoms with Gasteiger partial charge in [-0.05, 0) is 6.42 Å². The van der Waals surface area contributed by atoms with E-state index < -0.39 is 12.8 Å². The van der Waals surface area contributed by atoms with Crippen LogP contribution in [0.2, 0.25) is 0 Å². The molecule has 0 aliphatic rings. The molecule has 0 aliphatic heterocycles. The molecule has 0 fully saturated rings. The lowest BCUT2D eigenvalue weighted by Gasteiger charge is -1.93. The second-order valence-electron chi connectivity index (χ2n) is 1.28. The highest BCUT2D eigenvalue weighted by molar-refractivity contribution is 4.71. The predicted octanol–water partition coefficient (Wildman–Crippen LogP) is 1.87. The predicted molar refractivity (Wildman–Crippen MR) is 25.7 cm³/mol. The highest BCUT2D eigenvalue weighted by Gasteiger charge is 1.99. The summed E-state index contributed by atoms with van der Waals surface area (Å²) in [5.74, 6) is 0. The molecule has 0 aromatic heterocycles. The fraction of sp³-hybridized carbons (Fsp3) is 0.600. The van der Waals surface area contributed by atoms with Gasteiger partial charge in [0, 0.05) is 0 Å². The third kappa shape index (κ3) is 3.43. The van der Waals surface area contributed by atoms with Crippen LogP contribution in [0, 0.1) is 0 Å². The van der Waals surface area contributed by atoms with E-state index in [1.807, 2.05) is 0 Å². The van der Waals surface area contributed by atoms with Gasteiger partial charge in [-0.1, -0.05) is 6.08 Å². The Bertz CT molecular complexity index is 52.0. The van der Waals surface area contributed by atoms with Crippen molar-refractivity contribution in [2.45, 2.75) is 12.6 Å². The Balaban J connectivity index is 2.98. The average molecular weight is 106 g/mol. The van der Waals surface area contributed by atoms with Gasteiger partial charge in [0.15, 0.2) is 0 Å². The lowest BCUT2D eigenvalue weighted by Crippen LogP contribution is -1.98. The van der Waals surface area contributed by atoms with E-state index >= 15 is 0 Å². The van der Waals surface area contributed by atoms with E-state index in [1.165, 1.54) is 6.08 Å². The minimum atomic E-state index is -1.34. The zero-order chi connectivity index (χ0) is 5.70. The van der Waals surface area contributed by atoms with E-state index in [4.69, 9.17) is 0 Å². The molecule has 0 saturated carbocycles. The van der Waals surface area contributed by atoms with Crippen molar-refractivity contribution in [3.8, 4) is 0 Å². The van der Waals surface area contributed by atoms with Gasteiger partial charge in [-0.15, -0.1) is 6.58 Å². The van der Waals surface area contributed by atoms with Gasteiger partial charge >= 0.3 is 0 Å². The van der Waals surface area contributed by atoms with Crippen molar-refractivity contribution >= 4 is 0 Å². The van der Waals surface area contributed by atoms with E-state index in [0.29, 0.717) is 0 Å². The molecular weight excluding hydrogens is 98.1 g/mol. The van der Waals surface area contributed by atoms with Gasteiger partial charge in [-0.3, -0.25) is 0 Å². The molecule has 0 N–H and O–H groups in total. The lowest BCUT2D eigenvalue weighted by atomic mass is 10.3. The van der Waals surface area contributed by atoms with Crippen molar-refractivity contribution in [1.82, 2.24) is 0 Å². The summed E-state index contributed by atoms with van der Waals surface area (Å²) in [5.41, 5.74) is 0. The van der Waals surface area contributed by atoms with Crippen LogP contribution in [0.5, 0.6) is 0 Å². The Morgan fingerprint density at radius 2 is 2.29 bits per heavy atom. The minimum absolute atomic E-state index is 0.122. The minimum Gasteiger partial charge on any atom is -0.248 e. The third-order valence-electron chi connectivity index (χ3n) is 0.590. The monoisotopic (exact) mass is 106 g/mol. The summed E-state index contributed by atoms with van der Waals surface area (Å²) < 4.78 is 22.8. The van der Waals surface area contributed by atoms with E-state index in [-0.39, 0.29) is 6.42 Å². The number of rotatable bonds is 3. The molecule has 0 spiro atoms. The van der Waals surface area contributed by atoms with Crippen LogP contribution in [-0.2, 0) is 0 Å². The number of alkyl halides is 2. The number of hydrogen-bond donors (Lipinski definition) is 0. The van der Waals surface area contributed by atoms with Crippen LogP contribution < -0.4 is 0 Å². The summed E-state index contributed by atoms with van der Waals surface area (Å²) in [6.07, 6.45) is 0.151. The third-order valence-corrected chi connectivity index (χ3v) is 0.590. The van der Waals surface area contributed by atoms with Gasteiger partial charge in [0.05, 0.1) is 0 Å². The van der Waals surface area contributed by atoms with Crippen LogP contribution in [0.25, 0.3) is 0 Å². The van der Waals surface area contributed by atoms with E-state index in [2.05, 4.69) is 6.58 Å². The average Bonchev–Trinajstić information content (AvgIpc) is 1.68. The molecule has 2 heteroatoms. The first-order valence-corrected chi connectivity index (χ1v) is 2.12. The van der Waals surface area contributed by atoms with Crippen molar-refractivity contribution in [2.24, 2.45) is 0 Å². The first kappa shape index (κ1) is 6.60. The first-order valence-electron chi connectivity index (χ1n) is 2.12. The van der Waals surface area contributed by atoms with Crippen LogP contribution in [-0.4, -0.2) is 12.8 Å². The normalized spacial score (nSPS) is 13.4. The van der Waals surface area contributed by atoms with Crippen LogP contribution in [0.1, 0.15) is 6.42 Å². The van der Waals surface area contributed by atoms with Crippen molar-refractivity contribution in [1.29, 1.82) is 0 Å². The van der Waals surface area contributed by atoms with Gasteiger partial charge in [0.1, 0.15) is 12.8 Å². The molecule has 0 rings (SSSR count). The number of hydrogen-bond acceptors (Lipinski definition) is 0. The van der Waals surface area contributed by atoms with Gasteiger partial charge < -0.3 is 0 Å². The fourth-order valence-electron chi connectivity index (χ4n) is 0.244. The molecule has 0 bridgehead atoms. The summed E-state index contributed by atoms with van der Waals surface area (Å²) in [6, 6.07) is 0. The Hall–Kier alpha value is -0.400. The summed E-state index contributed by atoms with van der Waals surface area (Å²) >= 11 is 0. The van der Waals surface area contributed by atoms with Crippen LogP contribution in [0.4, 0.5) is 8.78 Å². The van der Waals surface area contributed by atoms with Crippen LogP contribution in [0.3, 0.4) is 0 Å². The summed E-state index contributed by atoms with van der Waals surface area (Å²) in [7, 11) is 0. The van der Waals surface area contributed by atoms with Crippen LogP contribution in [0.15, 0.2) is 12.7 Å². The van der Waals surface area contributed by atoms with E-state index in [0.717, 1.165) is 0 Å². The second kappa shape index (κ2) is 3.78. The maximum Gasteiger partial charge on any atom is 0.132 e. The standard InChI is InChI=1S/C5H8F2/c1-2-3-5(7)4-6/h2,5H,1,3-4H2. The number of allylic oxidation sites excluding steroid dienone is 1. The maximum atomic E-state index is 11.7. The lowest BCUT2D eigenvalue weighted by molar-refractivity contribution is 0.263. The van der Waals surface area contributed by atoms with E-state index in [9.17, 15) is 8.78 Å². The molecule has 0 aromatic rings. The Labute approximate surface area is 41.8 Å². The van der Waals surface area contributed by atoms with Gasteiger partial charge in [0.2, 0.25) is 0 Å². The molecule has 0 saturated heterocycles. The molecular formula is C5H8F2. The second-order valence-corrected chi connectivity index (χ2v) is 1.28. The quantitative estimate of drug-likeness (QED) is 0.482. The van der Waals surface area contributed by atoms with Crippen LogP contribution >= 0.6 is 0 Å². The van der Waals surface area contributed by atoms with Crippen molar-refractivity contribution in [2.75, 3.05) is 6.67 Å². The van der Waals surface area contributed by atoms with Crippen molar-refractivity contribution in [3.05, 3.63) is 12.7 Å². The zero-order valence-electron chi connectivity index (χ0n) is 4.03. The largest absolute Gasteiger partial charge is 0.248 e. The Morgan fingerprint density at radius 3 is 2.43 bits per heavy atom. The summed E-state index contributed by atoms with van der Waals surface area (Å²) in [5, 5.41) is 0.